The normalized spacial score (nSPS) is 10.7. The number of hydrogen-bond donors (Lipinski definition) is 1. The van der Waals surface area contributed by atoms with Gasteiger partial charge in [-0.15, -0.1) is 5.10 Å². The van der Waals surface area contributed by atoms with Gasteiger partial charge in [0.15, 0.2) is 5.69 Å². The summed E-state index contributed by atoms with van der Waals surface area (Å²) in [5.74, 6) is -0.673. The Bertz CT molecular complexity index is 1140. The fraction of sp³-hybridized carbons (Fsp3) is 0.0952. The average Bonchev–Trinajstić information content (AvgIpc) is 3.20. The molecule has 0 aliphatic rings. The lowest BCUT2D eigenvalue weighted by atomic mass is 10.1. The molecule has 7 nitrogen and oxygen atoms in total. The average molecular weight is 388 g/mol. The highest BCUT2D eigenvalue weighted by atomic mass is 19.1. The molecule has 0 aliphatic heterocycles. The predicted molar refractivity (Wildman–Crippen MR) is 105 cm³/mol. The SMILES string of the molecule is Cc1cc(-n2nnc(C(=O)NCc3ccncc3)c2-c2ccncc2)ccc1F. The van der Waals surface area contributed by atoms with E-state index in [2.05, 4.69) is 25.6 Å². The van der Waals surface area contributed by atoms with Gasteiger partial charge in [-0.25, -0.2) is 9.07 Å². The first-order chi connectivity index (χ1) is 14.1. The van der Waals surface area contributed by atoms with Crippen molar-refractivity contribution in [2.45, 2.75) is 13.5 Å². The fourth-order valence-electron chi connectivity index (χ4n) is 2.91. The Morgan fingerprint density at radius 2 is 1.72 bits per heavy atom. The van der Waals surface area contributed by atoms with E-state index >= 15 is 0 Å². The number of aryl methyl sites for hydroxylation is 1. The quantitative estimate of drug-likeness (QED) is 0.568. The van der Waals surface area contributed by atoms with Crippen LogP contribution in [0.5, 0.6) is 0 Å². The monoisotopic (exact) mass is 388 g/mol. The molecule has 0 bridgehead atoms. The van der Waals surface area contributed by atoms with E-state index in [0.717, 1.165) is 11.1 Å². The van der Waals surface area contributed by atoms with Crippen LogP contribution in [-0.2, 0) is 6.54 Å². The topological polar surface area (TPSA) is 85.6 Å². The van der Waals surface area contributed by atoms with Crippen LogP contribution >= 0.6 is 0 Å². The van der Waals surface area contributed by atoms with Crippen LogP contribution < -0.4 is 5.32 Å². The second-order valence-electron chi connectivity index (χ2n) is 6.41. The van der Waals surface area contributed by atoms with Crippen LogP contribution in [0.2, 0.25) is 0 Å². The molecule has 3 aromatic heterocycles. The Hall–Kier alpha value is -3.94. The predicted octanol–water partition coefficient (Wildman–Crippen LogP) is 3.10. The Morgan fingerprint density at radius 1 is 1.03 bits per heavy atom. The van der Waals surface area contributed by atoms with Crippen LogP contribution in [0, 0.1) is 12.7 Å². The van der Waals surface area contributed by atoms with Gasteiger partial charge in [0.25, 0.3) is 5.91 Å². The summed E-state index contributed by atoms with van der Waals surface area (Å²) in [7, 11) is 0. The molecule has 0 radical (unpaired) electrons. The van der Waals surface area contributed by atoms with Gasteiger partial charge in [-0.3, -0.25) is 14.8 Å². The van der Waals surface area contributed by atoms with E-state index in [1.54, 1.807) is 56.0 Å². The third kappa shape index (κ3) is 3.86. The molecular formula is C21H17FN6O. The molecular weight excluding hydrogens is 371 g/mol. The number of pyridine rings is 2. The maximum absolute atomic E-state index is 13.7. The number of hydrogen-bond acceptors (Lipinski definition) is 5. The van der Waals surface area contributed by atoms with Crippen molar-refractivity contribution in [3.63, 3.8) is 0 Å². The van der Waals surface area contributed by atoms with Gasteiger partial charge in [-0.2, -0.15) is 0 Å². The lowest BCUT2D eigenvalue weighted by molar-refractivity contribution is 0.0946. The minimum Gasteiger partial charge on any atom is -0.346 e. The molecule has 1 N–H and O–H groups in total. The van der Waals surface area contributed by atoms with Gasteiger partial charge < -0.3 is 5.32 Å². The van der Waals surface area contributed by atoms with E-state index in [1.807, 2.05) is 12.1 Å². The first kappa shape index (κ1) is 18.4. The van der Waals surface area contributed by atoms with E-state index in [9.17, 15) is 9.18 Å². The molecule has 0 fully saturated rings. The maximum Gasteiger partial charge on any atom is 0.274 e. The highest BCUT2D eigenvalue weighted by Crippen LogP contribution is 2.25. The van der Waals surface area contributed by atoms with Crippen molar-refractivity contribution in [2.24, 2.45) is 0 Å². The summed E-state index contributed by atoms with van der Waals surface area (Å²) in [6.45, 7) is 2.00. The summed E-state index contributed by atoms with van der Waals surface area (Å²) in [6, 6.07) is 11.8. The molecule has 29 heavy (non-hydrogen) atoms. The van der Waals surface area contributed by atoms with Crippen LogP contribution in [0.25, 0.3) is 16.9 Å². The van der Waals surface area contributed by atoms with Gasteiger partial charge >= 0.3 is 0 Å². The van der Waals surface area contributed by atoms with Crippen molar-refractivity contribution in [1.82, 2.24) is 30.3 Å². The molecule has 8 heteroatoms. The molecule has 0 saturated carbocycles. The molecule has 0 aliphatic carbocycles. The van der Waals surface area contributed by atoms with Crippen molar-refractivity contribution in [3.05, 3.63) is 89.9 Å². The number of carbonyl (C=O) groups is 1. The van der Waals surface area contributed by atoms with Gasteiger partial charge in [-0.05, 0) is 60.5 Å². The Kier molecular flexibility index (Phi) is 5.07. The standard InChI is InChI=1S/C21H17FN6O/c1-14-12-17(2-3-18(14)22)28-20(16-6-10-24-11-7-16)19(26-27-28)21(29)25-13-15-4-8-23-9-5-15/h2-12H,13H2,1H3,(H,25,29). The number of benzene rings is 1. The molecule has 1 amide bonds. The zero-order valence-electron chi connectivity index (χ0n) is 15.6. The second kappa shape index (κ2) is 7.97. The summed E-state index contributed by atoms with van der Waals surface area (Å²) in [5, 5.41) is 11.1. The van der Waals surface area contributed by atoms with Crippen LogP contribution in [0.1, 0.15) is 21.6 Å². The number of rotatable bonds is 5. The summed E-state index contributed by atoms with van der Waals surface area (Å²) in [5.41, 5.74) is 3.40. The number of carbonyl (C=O) groups excluding carboxylic acids is 1. The van der Waals surface area contributed by atoms with Crippen molar-refractivity contribution >= 4 is 5.91 Å². The van der Waals surface area contributed by atoms with E-state index < -0.39 is 0 Å². The maximum atomic E-state index is 13.7. The summed E-state index contributed by atoms with van der Waals surface area (Å²) < 4.78 is 15.2. The number of nitrogens with one attached hydrogen (secondary N) is 1. The van der Waals surface area contributed by atoms with Gasteiger partial charge in [0.05, 0.1) is 5.69 Å². The van der Waals surface area contributed by atoms with Gasteiger partial charge in [-0.1, -0.05) is 5.21 Å². The molecule has 1 aromatic carbocycles. The Labute approximate surface area is 166 Å². The molecule has 0 unspecified atom stereocenters. The van der Waals surface area contributed by atoms with E-state index in [-0.39, 0.29) is 17.4 Å². The van der Waals surface area contributed by atoms with Crippen molar-refractivity contribution < 1.29 is 9.18 Å². The molecule has 0 atom stereocenters. The lowest BCUT2D eigenvalue weighted by Gasteiger charge is -2.10. The fourth-order valence-corrected chi connectivity index (χ4v) is 2.91. The molecule has 144 valence electrons. The summed E-state index contributed by atoms with van der Waals surface area (Å²) in [4.78, 5) is 20.9. The minimum atomic E-state index is -0.362. The highest BCUT2D eigenvalue weighted by molar-refractivity contribution is 5.98. The first-order valence-electron chi connectivity index (χ1n) is 8.93. The number of aromatic nitrogens is 5. The van der Waals surface area contributed by atoms with Crippen LogP contribution in [-0.4, -0.2) is 30.9 Å². The van der Waals surface area contributed by atoms with Crippen molar-refractivity contribution in [3.8, 4) is 16.9 Å². The second-order valence-corrected chi connectivity index (χ2v) is 6.41. The number of halogens is 1. The molecule has 0 spiro atoms. The van der Waals surface area contributed by atoms with Gasteiger partial charge in [0.2, 0.25) is 0 Å². The Balaban J connectivity index is 1.73. The smallest absolute Gasteiger partial charge is 0.274 e. The van der Waals surface area contributed by atoms with Crippen molar-refractivity contribution in [1.29, 1.82) is 0 Å². The van der Waals surface area contributed by atoms with Crippen LogP contribution in [0.15, 0.2) is 67.3 Å². The lowest BCUT2D eigenvalue weighted by Crippen LogP contribution is -2.24. The molecule has 4 rings (SSSR count). The van der Waals surface area contributed by atoms with Gasteiger partial charge in [0, 0.05) is 36.9 Å². The largest absolute Gasteiger partial charge is 0.346 e. The molecule has 4 aromatic rings. The third-order valence-electron chi connectivity index (χ3n) is 4.43. The zero-order chi connectivity index (χ0) is 20.2. The van der Waals surface area contributed by atoms with Crippen LogP contribution in [0.3, 0.4) is 0 Å². The Morgan fingerprint density at radius 3 is 2.41 bits per heavy atom. The molecule has 3 heterocycles. The van der Waals surface area contributed by atoms with E-state index in [0.29, 0.717) is 23.5 Å². The minimum absolute atomic E-state index is 0.173. The van der Waals surface area contributed by atoms with E-state index in [4.69, 9.17) is 0 Å². The summed E-state index contributed by atoms with van der Waals surface area (Å²) in [6.07, 6.45) is 6.58. The van der Waals surface area contributed by atoms with Crippen molar-refractivity contribution in [2.75, 3.05) is 0 Å². The summed E-state index contributed by atoms with van der Waals surface area (Å²) >= 11 is 0. The highest BCUT2D eigenvalue weighted by Gasteiger charge is 2.22. The van der Waals surface area contributed by atoms with Crippen LogP contribution in [0.4, 0.5) is 4.39 Å². The van der Waals surface area contributed by atoms with E-state index in [1.165, 1.54) is 10.7 Å². The zero-order valence-corrected chi connectivity index (χ0v) is 15.6. The third-order valence-corrected chi connectivity index (χ3v) is 4.43. The first-order valence-corrected chi connectivity index (χ1v) is 8.93. The number of nitrogens with zero attached hydrogens (tertiary/aromatic N) is 5. The number of amides is 1. The molecule has 0 saturated heterocycles. The van der Waals surface area contributed by atoms with Gasteiger partial charge in [0.1, 0.15) is 11.5 Å².